The zero-order chi connectivity index (χ0) is 16.5. The van der Waals surface area contributed by atoms with E-state index in [9.17, 15) is 4.79 Å². The number of aryl methyl sites for hydroxylation is 1. The zero-order valence-electron chi connectivity index (χ0n) is 13.7. The number of rotatable bonds is 3. The van der Waals surface area contributed by atoms with Crippen LogP contribution >= 0.6 is 0 Å². The first-order valence-electron chi connectivity index (χ1n) is 8.35. The highest BCUT2D eigenvalue weighted by molar-refractivity contribution is 5.79. The average Bonchev–Trinajstić information content (AvgIpc) is 3.20. The van der Waals surface area contributed by atoms with E-state index >= 15 is 0 Å². The van der Waals surface area contributed by atoms with Crippen molar-refractivity contribution in [3.63, 3.8) is 0 Å². The first-order valence-corrected chi connectivity index (χ1v) is 8.35. The van der Waals surface area contributed by atoms with Crippen molar-refractivity contribution >= 4 is 11.6 Å². The summed E-state index contributed by atoms with van der Waals surface area (Å²) in [7, 11) is 0. The number of carbonyl (C=O) groups is 1. The first kappa shape index (κ1) is 14.9. The van der Waals surface area contributed by atoms with Crippen molar-refractivity contribution in [2.24, 2.45) is 0 Å². The Morgan fingerprint density at radius 1 is 1.29 bits per heavy atom. The summed E-state index contributed by atoms with van der Waals surface area (Å²) < 4.78 is 2.12. The molecule has 5 nitrogen and oxygen atoms in total. The van der Waals surface area contributed by atoms with Gasteiger partial charge in [0, 0.05) is 30.8 Å². The van der Waals surface area contributed by atoms with Gasteiger partial charge in [0.2, 0.25) is 5.91 Å². The van der Waals surface area contributed by atoms with Crippen molar-refractivity contribution in [2.75, 3.05) is 6.54 Å². The molecule has 1 aliphatic heterocycles. The van der Waals surface area contributed by atoms with Gasteiger partial charge in [0.15, 0.2) is 0 Å². The molecule has 1 unspecified atom stereocenters. The number of hydrogen-bond acceptors (Lipinski definition) is 3. The smallest absolute Gasteiger partial charge is 0.227 e. The molecule has 1 atom stereocenters. The topological polar surface area (TPSA) is 50.5 Å². The molecule has 4 heterocycles. The Morgan fingerprint density at radius 3 is 3.04 bits per heavy atom. The largest absolute Gasteiger partial charge is 0.334 e. The van der Waals surface area contributed by atoms with E-state index in [4.69, 9.17) is 0 Å². The van der Waals surface area contributed by atoms with E-state index in [0.717, 1.165) is 42.0 Å². The third-order valence-electron chi connectivity index (χ3n) is 4.64. The summed E-state index contributed by atoms with van der Waals surface area (Å²) in [5.41, 5.74) is 4.04. The second-order valence-electron chi connectivity index (χ2n) is 6.34. The molecule has 3 aromatic heterocycles. The Bertz CT molecular complexity index is 871. The standard InChI is InChI=1S/C19H20N4O/c1-14-13-23-17(6-2-8-18(23)21-14)16-7-4-10-22(16)19(24)11-15-5-3-9-20-12-15/h2-3,5-6,8-9,12-13,16H,4,7,10-11H2,1H3. The van der Waals surface area contributed by atoms with Crippen LogP contribution < -0.4 is 0 Å². The molecule has 1 aliphatic rings. The van der Waals surface area contributed by atoms with E-state index in [-0.39, 0.29) is 11.9 Å². The second kappa shape index (κ2) is 6.07. The van der Waals surface area contributed by atoms with Crippen molar-refractivity contribution in [3.05, 3.63) is 65.9 Å². The van der Waals surface area contributed by atoms with Crippen LogP contribution in [0.5, 0.6) is 0 Å². The molecule has 0 aromatic carbocycles. The van der Waals surface area contributed by atoms with E-state index in [2.05, 4.69) is 20.4 Å². The number of nitrogens with zero attached hydrogens (tertiary/aromatic N) is 4. The fourth-order valence-electron chi connectivity index (χ4n) is 3.58. The zero-order valence-corrected chi connectivity index (χ0v) is 13.7. The lowest BCUT2D eigenvalue weighted by molar-refractivity contribution is -0.131. The molecule has 0 N–H and O–H groups in total. The van der Waals surface area contributed by atoms with Crippen LogP contribution in [0.25, 0.3) is 5.65 Å². The minimum absolute atomic E-state index is 0.117. The van der Waals surface area contributed by atoms with Crippen LogP contribution in [-0.4, -0.2) is 31.7 Å². The predicted octanol–water partition coefficient (Wildman–Crippen LogP) is 2.94. The molecule has 1 saturated heterocycles. The fourth-order valence-corrected chi connectivity index (χ4v) is 3.58. The summed E-state index contributed by atoms with van der Waals surface area (Å²) in [6.45, 7) is 2.81. The van der Waals surface area contributed by atoms with Crippen molar-refractivity contribution in [1.29, 1.82) is 0 Å². The molecule has 24 heavy (non-hydrogen) atoms. The molecule has 5 heteroatoms. The van der Waals surface area contributed by atoms with Crippen LogP contribution in [-0.2, 0) is 11.2 Å². The predicted molar refractivity (Wildman–Crippen MR) is 91.6 cm³/mol. The number of amides is 1. The van der Waals surface area contributed by atoms with Crippen LogP contribution in [0.2, 0.25) is 0 Å². The van der Waals surface area contributed by atoms with E-state index in [0.29, 0.717) is 6.42 Å². The number of hydrogen-bond donors (Lipinski definition) is 0. The Labute approximate surface area is 141 Å². The van der Waals surface area contributed by atoms with Crippen molar-refractivity contribution in [2.45, 2.75) is 32.2 Å². The molecule has 1 amide bonds. The van der Waals surface area contributed by atoms with E-state index < -0.39 is 0 Å². The van der Waals surface area contributed by atoms with Crippen LogP contribution in [0.3, 0.4) is 0 Å². The third-order valence-corrected chi connectivity index (χ3v) is 4.64. The average molecular weight is 320 g/mol. The molecule has 0 aliphatic carbocycles. The lowest BCUT2D eigenvalue weighted by Gasteiger charge is -2.26. The number of fused-ring (bicyclic) bond motifs is 1. The Hall–Kier alpha value is -2.69. The Balaban J connectivity index is 1.63. The van der Waals surface area contributed by atoms with E-state index in [1.54, 1.807) is 12.4 Å². The number of pyridine rings is 2. The maximum Gasteiger partial charge on any atom is 0.227 e. The molecule has 122 valence electrons. The van der Waals surface area contributed by atoms with Crippen LogP contribution in [0, 0.1) is 6.92 Å². The lowest BCUT2D eigenvalue weighted by Crippen LogP contribution is -2.32. The van der Waals surface area contributed by atoms with Gasteiger partial charge in [0.05, 0.1) is 18.2 Å². The molecule has 0 saturated carbocycles. The summed E-state index contributed by atoms with van der Waals surface area (Å²) in [6.07, 6.45) is 7.98. The lowest BCUT2D eigenvalue weighted by atomic mass is 10.1. The number of carbonyl (C=O) groups excluding carboxylic acids is 1. The van der Waals surface area contributed by atoms with Gasteiger partial charge in [-0.05, 0) is 43.5 Å². The highest BCUT2D eigenvalue weighted by Crippen LogP contribution is 2.32. The Morgan fingerprint density at radius 2 is 2.21 bits per heavy atom. The summed E-state index contributed by atoms with van der Waals surface area (Å²) in [4.78, 5) is 23.5. The summed E-state index contributed by atoms with van der Waals surface area (Å²) in [5, 5.41) is 0. The van der Waals surface area contributed by atoms with Crippen LogP contribution in [0.4, 0.5) is 0 Å². The monoisotopic (exact) mass is 320 g/mol. The van der Waals surface area contributed by atoms with Gasteiger partial charge in [-0.2, -0.15) is 0 Å². The highest BCUT2D eigenvalue weighted by Gasteiger charge is 2.31. The van der Waals surface area contributed by atoms with Crippen molar-refractivity contribution < 1.29 is 4.79 Å². The van der Waals surface area contributed by atoms with Crippen LogP contribution in [0.15, 0.2) is 48.9 Å². The van der Waals surface area contributed by atoms with Gasteiger partial charge in [-0.1, -0.05) is 12.1 Å². The van der Waals surface area contributed by atoms with Gasteiger partial charge >= 0.3 is 0 Å². The number of likely N-dealkylation sites (tertiary alicyclic amines) is 1. The minimum Gasteiger partial charge on any atom is -0.334 e. The summed E-state index contributed by atoms with van der Waals surface area (Å²) in [5.74, 6) is 0.166. The summed E-state index contributed by atoms with van der Waals surface area (Å²) >= 11 is 0. The van der Waals surface area contributed by atoms with Gasteiger partial charge in [0.25, 0.3) is 0 Å². The second-order valence-corrected chi connectivity index (χ2v) is 6.34. The SMILES string of the molecule is Cc1cn2c(C3CCCN3C(=O)Cc3cccnc3)cccc2n1. The van der Waals surface area contributed by atoms with Crippen LogP contribution in [0.1, 0.15) is 35.8 Å². The molecule has 3 aromatic rings. The normalized spacial score (nSPS) is 17.5. The highest BCUT2D eigenvalue weighted by atomic mass is 16.2. The van der Waals surface area contributed by atoms with E-state index in [1.807, 2.05) is 42.3 Å². The van der Waals surface area contributed by atoms with E-state index in [1.165, 1.54) is 0 Å². The summed E-state index contributed by atoms with van der Waals surface area (Å²) in [6, 6.07) is 10.1. The van der Waals surface area contributed by atoms with Gasteiger partial charge in [0.1, 0.15) is 5.65 Å². The molecule has 4 rings (SSSR count). The first-order chi connectivity index (χ1) is 11.7. The molecular weight excluding hydrogens is 300 g/mol. The maximum atomic E-state index is 12.8. The van der Waals surface area contributed by atoms with Crippen molar-refractivity contribution in [1.82, 2.24) is 19.3 Å². The van der Waals surface area contributed by atoms with Gasteiger partial charge in [-0.25, -0.2) is 4.98 Å². The molecule has 0 spiro atoms. The number of imidazole rings is 1. The third kappa shape index (κ3) is 2.66. The fraction of sp³-hybridized carbons (Fsp3) is 0.316. The molecule has 1 fully saturated rings. The quantitative estimate of drug-likeness (QED) is 0.745. The number of aromatic nitrogens is 3. The van der Waals surface area contributed by atoms with Gasteiger partial charge < -0.3 is 9.30 Å². The van der Waals surface area contributed by atoms with Crippen molar-refractivity contribution in [3.8, 4) is 0 Å². The molecular formula is C19H20N4O. The molecule has 0 bridgehead atoms. The molecule has 0 radical (unpaired) electrons. The minimum atomic E-state index is 0.117. The van der Waals surface area contributed by atoms with Gasteiger partial charge in [-0.15, -0.1) is 0 Å². The Kier molecular flexibility index (Phi) is 3.76. The maximum absolute atomic E-state index is 12.8. The van der Waals surface area contributed by atoms with Gasteiger partial charge in [-0.3, -0.25) is 9.78 Å².